The number of aliphatic hydroxyl groups excluding tert-OH is 1. The molecule has 10 nitrogen and oxygen atoms in total. The molecule has 0 aromatic carbocycles. The lowest BCUT2D eigenvalue weighted by Gasteiger charge is -2.47. The van der Waals surface area contributed by atoms with E-state index in [1.165, 1.54) is 0 Å². The molecule has 1 unspecified atom stereocenters. The first-order chi connectivity index (χ1) is 18.6. The van der Waals surface area contributed by atoms with Crippen molar-refractivity contribution in [3.63, 3.8) is 0 Å². The highest BCUT2D eigenvalue weighted by molar-refractivity contribution is 6.04. The van der Waals surface area contributed by atoms with E-state index in [1.807, 2.05) is 32.8 Å². The maximum atomic E-state index is 14.1. The summed E-state index contributed by atoms with van der Waals surface area (Å²) in [5.41, 5.74) is -2.29. The van der Waals surface area contributed by atoms with Crippen molar-refractivity contribution in [3.8, 4) is 0 Å². The summed E-state index contributed by atoms with van der Waals surface area (Å²) in [7, 11) is 7.57. The van der Waals surface area contributed by atoms with E-state index in [-0.39, 0.29) is 36.5 Å². The maximum absolute atomic E-state index is 14.1. The van der Waals surface area contributed by atoms with Gasteiger partial charge >= 0.3 is 5.97 Å². The molecule has 0 aromatic heterocycles. The van der Waals surface area contributed by atoms with Gasteiger partial charge in [-0.1, -0.05) is 13.8 Å². The van der Waals surface area contributed by atoms with Crippen molar-refractivity contribution in [1.82, 2.24) is 15.1 Å². The number of nitrogens with zero attached hydrogens (tertiary/aromatic N) is 2. The first kappa shape index (κ1) is 33.4. The van der Waals surface area contributed by atoms with Crippen LogP contribution >= 0.6 is 0 Å². The zero-order valence-electron chi connectivity index (χ0n) is 26.4. The summed E-state index contributed by atoms with van der Waals surface area (Å²) in [5.74, 6) is -1.02. The third kappa shape index (κ3) is 7.25. The van der Waals surface area contributed by atoms with Gasteiger partial charge in [-0.15, -0.1) is 0 Å². The first-order valence-corrected chi connectivity index (χ1v) is 14.9. The number of carbonyl (C=O) groups excluding carboxylic acids is 2. The van der Waals surface area contributed by atoms with Crippen LogP contribution in [0.3, 0.4) is 0 Å². The van der Waals surface area contributed by atoms with Crippen molar-refractivity contribution in [2.24, 2.45) is 23.2 Å². The summed E-state index contributed by atoms with van der Waals surface area (Å²) in [6.45, 7) is 14.0. The number of ketones is 1. The van der Waals surface area contributed by atoms with Gasteiger partial charge < -0.3 is 34.3 Å². The summed E-state index contributed by atoms with van der Waals surface area (Å²) >= 11 is 0. The topological polar surface area (TPSA) is 110 Å². The second-order valence-electron chi connectivity index (χ2n) is 13.6. The molecule has 0 saturated carbocycles. The number of Topliss-reactive ketones (excluding diaryl/α,β-unsaturated/α-hetero) is 1. The molecule has 3 aliphatic rings. The van der Waals surface area contributed by atoms with E-state index in [9.17, 15) is 14.7 Å². The number of carbonyl (C=O) groups is 2. The second-order valence-corrected chi connectivity index (χ2v) is 13.6. The standard InChI is InChI=1S/C30H55N3O7/c1-18-14-30(6,37-10)26(40-27-24(34)22(32(7)8)13-19(2)39-27)20(3)25(35)29(4,5)28(36)38-17-23(33(9)16-18)21-11-12-31-15-21/h18-24,26-27,31,34H,11-17H2,1-10H3/t18-,19-,20+,21?,22+,23-,24-,26-,27+,30-/m1/s1. The Balaban J connectivity index is 1.99. The number of likely N-dealkylation sites (N-methyl/N-ethyl adjacent to an activating group) is 2. The fourth-order valence-corrected chi connectivity index (χ4v) is 7.07. The number of nitrogens with one attached hydrogen (secondary N) is 1. The quantitative estimate of drug-likeness (QED) is 0.377. The van der Waals surface area contributed by atoms with E-state index in [0.717, 1.165) is 26.1 Å². The molecular formula is C30H55N3O7. The Morgan fingerprint density at radius 1 is 1.15 bits per heavy atom. The summed E-state index contributed by atoms with van der Waals surface area (Å²) < 4.78 is 24.8. The van der Waals surface area contributed by atoms with Crippen molar-refractivity contribution in [1.29, 1.82) is 0 Å². The number of hydrogen-bond donors (Lipinski definition) is 2. The Kier molecular flexibility index (Phi) is 11.2. The van der Waals surface area contributed by atoms with Crippen molar-refractivity contribution >= 4 is 11.8 Å². The van der Waals surface area contributed by atoms with Gasteiger partial charge in [0, 0.05) is 31.7 Å². The Morgan fingerprint density at radius 3 is 2.40 bits per heavy atom. The van der Waals surface area contributed by atoms with Gasteiger partial charge in [-0.25, -0.2) is 0 Å². The highest BCUT2D eigenvalue weighted by atomic mass is 16.7. The van der Waals surface area contributed by atoms with Crippen LogP contribution in [0.1, 0.15) is 60.8 Å². The van der Waals surface area contributed by atoms with E-state index in [4.69, 9.17) is 18.9 Å². The molecule has 3 fully saturated rings. The fourth-order valence-electron chi connectivity index (χ4n) is 7.07. The molecule has 10 atom stereocenters. The van der Waals surface area contributed by atoms with Crippen LogP contribution in [0.5, 0.6) is 0 Å². The molecule has 0 amide bonds. The number of esters is 1. The van der Waals surface area contributed by atoms with E-state index >= 15 is 0 Å². The monoisotopic (exact) mass is 569 g/mol. The molecular weight excluding hydrogens is 514 g/mol. The lowest BCUT2D eigenvalue weighted by molar-refractivity contribution is -0.295. The minimum absolute atomic E-state index is 0.0431. The Morgan fingerprint density at radius 2 is 1.82 bits per heavy atom. The smallest absolute Gasteiger partial charge is 0.319 e. The lowest BCUT2D eigenvalue weighted by Crippen LogP contribution is -2.59. The normalized spacial score (nSPS) is 42.6. The number of methoxy groups -OCH3 is 1. The summed E-state index contributed by atoms with van der Waals surface area (Å²) in [6, 6.07) is -0.120. The van der Waals surface area contributed by atoms with Crippen molar-refractivity contribution in [3.05, 3.63) is 0 Å². The third-order valence-electron chi connectivity index (χ3n) is 9.57. The van der Waals surface area contributed by atoms with Crippen molar-refractivity contribution in [2.75, 3.05) is 54.5 Å². The van der Waals surface area contributed by atoms with Gasteiger partial charge in [-0.2, -0.15) is 0 Å². The number of cyclic esters (lactones) is 1. The molecule has 10 heteroatoms. The predicted molar refractivity (Wildman–Crippen MR) is 153 cm³/mol. The van der Waals surface area contributed by atoms with Gasteiger partial charge in [0.1, 0.15) is 18.1 Å². The van der Waals surface area contributed by atoms with Crippen LogP contribution < -0.4 is 5.32 Å². The van der Waals surface area contributed by atoms with E-state index < -0.39 is 41.4 Å². The zero-order valence-corrected chi connectivity index (χ0v) is 26.4. The van der Waals surface area contributed by atoms with Gasteiger partial charge in [-0.3, -0.25) is 14.5 Å². The SMILES string of the molecule is CO[C@]1(C)C[C@@H](C)CN(C)[C@@H](C2CCNC2)COC(=O)C(C)(C)C(=O)[C@H](C)[C@H]1O[C@@H]1O[C@H](C)C[C@H](N(C)C)[C@H]1O. The van der Waals surface area contributed by atoms with Crippen molar-refractivity contribution in [2.45, 2.75) is 103 Å². The summed E-state index contributed by atoms with van der Waals surface area (Å²) in [4.78, 5) is 31.8. The Bertz CT molecular complexity index is 864. The molecule has 0 radical (unpaired) electrons. The molecule has 0 aliphatic carbocycles. The molecule has 232 valence electrons. The van der Waals surface area contributed by atoms with Crippen LogP contribution in [0.25, 0.3) is 0 Å². The number of hydrogen-bond acceptors (Lipinski definition) is 10. The van der Waals surface area contributed by atoms with Gasteiger partial charge in [0.2, 0.25) is 0 Å². The van der Waals surface area contributed by atoms with Crippen LogP contribution in [0.4, 0.5) is 0 Å². The molecule has 3 rings (SSSR count). The Hall–Kier alpha value is -1.14. The molecule has 3 saturated heterocycles. The first-order valence-electron chi connectivity index (χ1n) is 14.9. The molecule has 3 aliphatic heterocycles. The molecule has 0 spiro atoms. The van der Waals surface area contributed by atoms with E-state index in [0.29, 0.717) is 18.8 Å². The van der Waals surface area contributed by atoms with E-state index in [1.54, 1.807) is 27.9 Å². The molecule has 2 N–H and O–H groups in total. The minimum Gasteiger partial charge on any atom is -0.463 e. The molecule has 3 heterocycles. The minimum atomic E-state index is -1.39. The molecule has 40 heavy (non-hydrogen) atoms. The number of ether oxygens (including phenoxy) is 4. The van der Waals surface area contributed by atoms with Crippen LogP contribution in [0.2, 0.25) is 0 Å². The van der Waals surface area contributed by atoms with Gasteiger partial charge in [0.25, 0.3) is 0 Å². The second kappa shape index (κ2) is 13.4. The van der Waals surface area contributed by atoms with Crippen LogP contribution in [0, 0.1) is 23.2 Å². The third-order valence-corrected chi connectivity index (χ3v) is 9.57. The summed E-state index contributed by atoms with van der Waals surface area (Å²) in [6.07, 6.45) is -0.507. The molecule has 0 aromatic rings. The van der Waals surface area contributed by atoms with Gasteiger partial charge in [0.05, 0.1) is 17.8 Å². The average Bonchev–Trinajstić information content (AvgIpc) is 3.41. The molecule has 0 bridgehead atoms. The average molecular weight is 570 g/mol. The zero-order chi connectivity index (χ0) is 30.0. The predicted octanol–water partition coefficient (Wildman–Crippen LogP) is 1.93. The van der Waals surface area contributed by atoms with Crippen LogP contribution in [0.15, 0.2) is 0 Å². The highest BCUT2D eigenvalue weighted by Gasteiger charge is 2.51. The van der Waals surface area contributed by atoms with E-state index in [2.05, 4.69) is 24.2 Å². The Labute approximate surface area is 241 Å². The van der Waals surface area contributed by atoms with Gasteiger partial charge in [0.15, 0.2) is 12.1 Å². The van der Waals surface area contributed by atoms with Crippen LogP contribution in [-0.2, 0) is 28.5 Å². The van der Waals surface area contributed by atoms with Crippen LogP contribution in [-0.4, -0.2) is 123 Å². The van der Waals surface area contributed by atoms with Gasteiger partial charge in [-0.05, 0) is 93.0 Å². The lowest BCUT2D eigenvalue weighted by atomic mass is 9.74. The highest BCUT2D eigenvalue weighted by Crippen LogP contribution is 2.38. The number of rotatable bonds is 5. The fraction of sp³-hybridized carbons (Fsp3) is 0.933. The van der Waals surface area contributed by atoms with Crippen molar-refractivity contribution < 1.29 is 33.6 Å². The largest absolute Gasteiger partial charge is 0.463 e. The number of aliphatic hydroxyl groups is 1. The summed E-state index contributed by atoms with van der Waals surface area (Å²) in [5, 5.41) is 14.7. The maximum Gasteiger partial charge on any atom is 0.319 e.